The fraction of sp³-hybridized carbons (Fsp3) is 0.708. The summed E-state index contributed by atoms with van der Waals surface area (Å²) < 4.78 is 22.8. The third-order valence-electron chi connectivity index (χ3n) is 7.97. The average Bonchev–Trinajstić information content (AvgIpc) is 3.32. The molecule has 0 bridgehead atoms. The van der Waals surface area contributed by atoms with Gasteiger partial charge in [0.05, 0.1) is 12.7 Å². The van der Waals surface area contributed by atoms with E-state index in [1.165, 1.54) is 13.8 Å². The molecule has 182 valence electrons. The summed E-state index contributed by atoms with van der Waals surface area (Å²) >= 11 is 0. The highest BCUT2D eigenvalue weighted by atomic mass is 16.7. The Labute approximate surface area is 192 Å². The zero-order chi connectivity index (χ0) is 24.3. The highest BCUT2D eigenvalue weighted by molar-refractivity contribution is 5.88. The van der Waals surface area contributed by atoms with Gasteiger partial charge in [-0.15, -0.1) is 0 Å². The maximum absolute atomic E-state index is 12.7. The van der Waals surface area contributed by atoms with Crippen LogP contribution in [0.25, 0.3) is 0 Å². The van der Waals surface area contributed by atoms with Crippen LogP contribution in [0.15, 0.2) is 23.8 Å². The predicted molar refractivity (Wildman–Crippen MR) is 114 cm³/mol. The summed E-state index contributed by atoms with van der Waals surface area (Å²) in [5.41, 5.74) is -2.99. The molecule has 0 aromatic heterocycles. The second kappa shape index (κ2) is 7.92. The number of hydrogen-bond donors (Lipinski definition) is 2. The Morgan fingerprint density at radius 1 is 1.21 bits per heavy atom. The molecule has 2 aliphatic carbocycles. The Kier molecular flexibility index (Phi) is 5.74. The van der Waals surface area contributed by atoms with Gasteiger partial charge < -0.3 is 29.2 Å². The van der Waals surface area contributed by atoms with Crippen molar-refractivity contribution in [3.63, 3.8) is 0 Å². The lowest BCUT2D eigenvalue weighted by Crippen LogP contribution is -2.59. The summed E-state index contributed by atoms with van der Waals surface area (Å²) in [4.78, 5) is 36.4. The lowest BCUT2D eigenvalue weighted by atomic mass is 9.57. The minimum atomic E-state index is -1.37. The Bertz CT molecular complexity index is 925. The van der Waals surface area contributed by atoms with E-state index in [4.69, 9.17) is 18.9 Å². The van der Waals surface area contributed by atoms with Gasteiger partial charge in [-0.05, 0) is 37.5 Å². The topological polar surface area (TPSA) is 132 Å². The van der Waals surface area contributed by atoms with E-state index >= 15 is 0 Å². The highest BCUT2D eigenvalue weighted by Crippen LogP contribution is 2.64. The molecule has 2 N–H and O–H groups in total. The summed E-state index contributed by atoms with van der Waals surface area (Å²) in [5, 5.41) is 21.8. The number of ether oxygens (including phenoxy) is 4. The third-order valence-corrected chi connectivity index (χ3v) is 7.97. The van der Waals surface area contributed by atoms with E-state index in [0.29, 0.717) is 18.4 Å². The maximum Gasteiger partial charge on any atom is 0.342 e. The quantitative estimate of drug-likeness (QED) is 0.274. The average molecular weight is 465 g/mol. The first-order valence-corrected chi connectivity index (χ1v) is 11.3. The van der Waals surface area contributed by atoms with Gasteiger partial charge in [0.1, 0.15) is 12.2 Å². The zero-order valence-electron chi connectivity index (χ0n) is 19.6. The number of rotatable bonds is 3. The van der Waals surface area contributed by atoms with Crippen LogP contribution in [-0.2, 0) is 33.3 Å². The maximum atomic E-state index is 12.7. The first-order valence-electron chi connectivity index (χ1n) is 11.3. The van der Waals surface area contributed by atoms with Crippen LogP contribution in [0.3, 0.4) is 0 Å². The standard InChI is InChI=1S/C24H32O9/c1-12-16(30-13(2)26)8-9-22(4)17(31-14(3)27)7-6-15(11-25)10-18-24(20(28)19(12)22)23(5,33-24)21(29)32-18/h8-10,12,16-20,25,28H,6-7,11H2,1-5H3/b15-10+/t12-,16+,17-,18-,19+,20+,22+,23+,24-/m0/s1. The number of fused-ring (bicyclic) bond motifs is 1. The van der Waals surface area contributed by atoms with Crippen molar-refractivity contribution in [3.8, 4) is 0 Å². The fourth-order valence-corrected chi connectivity index (χ4v) is 6.18. The molecule has 0 radical (unpaired) electrons. The molecule has 4 aliphatic rings. The Morgan fingerprint density at radius 2 is 1.88 bits per heavy atom. The molecule has 1 spiro atoms. The van der Waals surface area contributed by atoms with Gasteiger partial charge in [0, 0.05) is 31.1 Å². The van der Waals surface area contributed by atoms with Gasteiger partial charge in [0.2, 0.25) is 0 Å². The third kappa shape index (κ3) is 3.43. The molecule has 33 heavy (non-hydrogen) atoms. The number of carbonyl (C=O) groups excluding carboxylic acids is 3. The van der Waals surface area contributed by atoms with Crippen LogP contribution in [0.1, 0.15) is 47.5 Å². The van der Waals surface area contributed by atoms with E-state index in [-0.39, 0.29) is 6.61 Å². The van der Waals surface area contributed by atoms with Crippen molar-refractivity contribution in [2.75, 3.05) is 6.61 Å². The molecule has 2 heterocycles. The number of esters is 3. The molecule has 0 amide bonds. The van der Waals surface area contributed by atoms with Gasteiger partial charge in [-0.1, -0.05) is 19.9 Å². The van der Waals surface area contributed by atoms with E-state index in [0.717, 1.165) is 0 Å². The van der Waals surface area contributed by atoms with Gasteiger partial charge in [0.15, 0.2) is 17.3 Å². The molecule has 0 aromatic rings. The van der Waals surface area contributed by atoms with Crippen LogP contribution in [0.5, 0.6) is 0 Å². The molecule has 0 saturated carbocycles. The van der Waals surface area contributed by atoms with E-state index in [1.54, 1.807) is 19.1 Å². The van der Waals surface area contributed by atoms with Gasteiger partial charge in [-0.25, -0.2) is 4.79 Å². The van der Waals surface area contributed by atoms with E-state index < -0.39 is 70.8 Å². The lowest BCUT2D eigenvalue weighted by molar-refractivity contribution is -0.171. The Balaban J connectivity index is 1.87. The Hall–Kier alpha value is -2.23. The normalized spacial score (nSPS) is 47.7. The van der Waals surface area contributed by atoms with Crippen molar-refractivity contribution in [2.45, 2.75) is 83.1 Å². The first-order chi connectivity index (χ1) is 15.4. The highest BCUT2D eigenvalue weighted by Gasteiger charge is 2.85. The van der Waals surface area contributed by atoms with E-state index in [9.17, 15) is 24.6 Å². The number of carbonyl (C=O) groups is 3. The number of aliphatic hydroxyl groups excluding tert-OH is 2. The SMILES string of the molecule is CC(=O)O[C@H]1CC/C(CO)=C\[C@@H]2OC(=O)[C@@]3(C)O[C@]23[C@H](O)[C@H]2[C@@H](C)[C@H](OC(C)=O)C=C[C@@]21C. The van der Waals surface area contributed by atoms with Gasteiger partial charge in [0.25, 0.3) is 0 Å². The van der Waals surface area contributed by atoms with Crippen molar-refractivity contribution in [1.29, 1.82) is 0 Å². The van der Waals surface area contributed by atoms with E-state index in [1.807, 2.05) is 19.9 Å². The van der Waals surface area contributed by atoms with Crippen molar-refractivity contribution < 1.29 is 43.5 Å². The van der Waals surface area contributed by atoms with Crippen LogP contribution < -0.4 is 0 Å². The minimum Gasteiger partial charge on any atom is -0.462 e. The molecule has 9 nitrogen and oxygen atoms in total. The largest absolute Gasteiger partial charge is 0.462 e. The van der Waals surface area contributed by atoms with Crippen LogP contribution in [-0.4, -0.2) is 70.3 Å². The number of epoxide rings is 1. The lowest BCUT2D eigenvalue weighted by Gasteiger charge is -2.51. The second-order valence-electron chi connectivity index (χ2n) is 10.0. The first kappa shape index (κ1) is 23.9. The molecule has 2 saturated heterocycles. The van der Waals surface area contributed by atoms with Crippen molar-refractivity contribution in [3.05, 3.63) is 23.8 Å². The van der Waals surface area contributed by atoms with Crippen LogP contribution in [0.2, 0.25) is 0 Å². The van der Waals surface area contributed by atoms with Crippen molar-refractivity contribution in [1.82, 2.24) is 0 Å². The van der Waals surface area contributed by atoms with Gasteiger partial charge in [-0.3, -0.25) is 9.59 Å². The molecule has 0 aromatic carbocycles. The predicted octanol–water partition coefficient (Wildman–Crippen LogP) is 1.20. The van der Waals surface area contributed by atoms with Crippen LogP contribution in [0.4, 0.5) is 0 Å². The molecule has 9 heteroatoms. The minimum absolute atomic E-state index is 0.273. The van der Waals surface area contributed by atoms with Gasteiger partial charge in [-0.2, -0.15) is 0 Å². The van der Waals surface area contributed by atoms with E-state index in [2.05, 4.69) is 0 Å². The zero-order valence-corrected chi connectivity index (χ0v) is 19.6. The molecule has 2 aliphatic heterocycles. The van der Waals surface area contributed by atoms with Crippen LogP contribution >= 0.6 is 0 Å². The monoisotopic (exact) mass is 464 g/mol. The second-order valence-corrected chi connectivity index (χ2v) is 10.0. The molecule has 9 atom stereocenters. The number of hydrogen-bond acceptors (Lipinski definition) is 9. The number of aliphatic hydroxyl groups is 2. The molecule has 4 rings (SSSR count). The van der Waals surface area contributed by atoms with Crippen LogP contribution in [0, 0.1) is 17.3 Å². The fourth-order valence-electron chi connectivity index (χ4n) is 6.18. The van der Waals surface area contributed by atoms with Gasteiger partial charge >= 0.3 is 17.9 Å². The molecular weight excluding hydrogens is 432 g/mol. The summed E-state index contributed by atoms with van der Waals surface area (Å²) in [7, 11) is 0. The van der Waals surface area contributed by atoms with Crippen molar-refractivity contribution in [2.24, 2.45) is 17.3 Å². The Morgan fingerprint density at radius 3 is 2.45 bits per heavy atom. The molecule has 0 unspecified atom stereocenters. The molecule has 2 fully saturated rings. The summed E-state index contributed by atoms with van der Waals surface area (Å²) in [6.45, 7) is 7.71. The summed E-state index contributed by atoms with van der Waals surface area (Å²) in [5.74, 6) is -2.50. The smallest absolute Gasteiger partial charge is 0.342 e. The summed E-state index contributed by atoms with van der Waals surface area (Å²) in [6.07, 6.45) is 2.64. The summed E-state index contributed by atoms with van der Waals surface area (Å²) in [6, 6.07) is 0. The van der Waals surface area contributed by atoms with Crippen molar-refractivity contribution >= 4 is 17.9 Å². The molecular formula is C24H32O9.